The molecule has 2 aliphatic heterocycles. The van der Waals surface area contributed by atoms with Gasteiger partial charge in [-0.1, -0.05) is 6.07 Å². The van der Waals surface area contributed by atoms with Crippen LogP contribution >= 0.6 is 11.8 Å². The molecule has 1 aromatic rings. The lowest BCUT2D eigenvalue weighted by Crippen LogP contribution is -2.36. The number of fused-ring (bicyclic) bond motifs is 1. The quantitative estimate of drug-likeness (QED) is 0.782. The third-order valence-electron chi connectivity index (χ3n) is 3.66. The molecular weight excluding hydrogens is 258 g/mol. The summed E-state index contributed by atoms with van der Waals surface area (Å²) >= 11 is 1.96. The summed E-state index contributed by atoms with van der Waals surface area (Å²) in [6.07, 6.45) is 3.96. The maximum absolute atomic E-state index is 9.62. The topological polar surface area (TPSA) is 61.5 Å². The molecule has 0 saturated heterocycles. The summed E-state index contributed by atoms with van der Waals surface area (Å²) < 4.78 is 0. The van der Waals surface area contributed by atoms with Crippen molar-refractivity contribution in [3.05, 3.63) is 41.2 Å². The predicted octanol–water partition coefficient (Wildman–Crippen LogP) is 1.56. The molecule has 0 aliphatic carbocycles. The van der Waals surface area contributed by atoms with Crippen molar-refractivity contribution >= 4 is 11.8 Å². The normalized spacial score (nSPS) is 21.8. The van der Waals surface area contributed by atoms with Crippen LogP contribution in [0.1, 0.15) is 17.5 Å². The Hall–Kier alpha value is -1.33. The van der Waals surface area contributed by atoms with E-state index in [1.807, 2.05) is 23.9 Å². The van der Waals surface area contributed by atoms with Gasteiger partial charge in [-0.2, -0.15) is 0 Å². The Bertz CT molecular complexity index is 503. The zero-order valence-corrected chi connectivity index (χ0v) is 11.6. The molecule has 0 fully saturated rings. The highest BCUT2D eigenvalue weighted by molar-refractivity contribution is 7.99. The van der Waals surface area contributed by atoms with Gasteiger partial charge in [-0.15, -0.1) is 11.8 Å². The van der Waals surface area contributed by atoms with Crippen LogP contribution in [0.3, 0.4) is 0 Å². The molecule has 102 valence electrons. The monoisotopic (exact) mass is 277 g/mol. The number of nitrogens with two attached hydrogens (primary N) is 1. The molecule has 19 heavy (non-hydrogen) atoms. The number of thioether (sulfide) groups is 1. The Morgan fingerprint density at radius 2 is 2.32 bits per heavy atom. The molecule has 2 aliphatic rings. The summed E-state index contributed by atoms with van der Waals surface area (Å²) in [7, 11) is 0. The van der Waals surface area contributed by atoms with Crippen LogP contribution in [-0.4, -0.2) is 28.6 Å². The summed E-state index contributed by atoms with van der Waals surface area (Å²) in [5, 5.41) is 13.3. The molecule has 3 rings (SSSR count). The summed E-state index contributed by atoms with van der Waals surface area (Å²) in [5.41, 5.74) is 9.57. The molecule has 5 heteroatoms. The van der Waals surface area contributed by atoms with Crippen LogP contribution in [0, 0.1) is 0 Å². The van der Waals surface area contributed by atoms with Gasteiger partial charge >= 0.3 is 0 Å². The fourth-order valence-electron chi connectivity index (χ4n) is 2.67. The maximum atomic E-state index is 9.62. The van der Waals surface area contributed by atoms with Crippen LogP contribution in [0.2, 0.25) is 0 Å². The van der Waals surface area contributed by atoms with Crippen LogP contribution in [0.25, 0.3) is 0 Å². The second-order valence-electron chi connectivity index (χ2n) is 4.93. The molecule has 2 heterocycles. The molecule has 4 nitrogen and oxygen atoms in total. The minimum Gasteiger partial charge on any atom is -0.508 e. The number of benzene rings is 1. The number of nitrogens with zero attached hydrogens (tertiary/aromatic N) is 1. The lowest BCUT2D eigenvalue weighted by molar-refractivity contribution is 0.328. The van der Waals surface area contributed by atoms with Gasteiger partial charge < -0.3 is 21.1 Å². The van der Waals surface area contributed by atoms with Gasteiger partial charge in [0.1, 0.15) is 5.75 Å². The molecule has 0 bridgehead atoms. The summed E-state index contributed by atoms with van der Waals surface area (Å²) in [5.74, 6) is 1.37. The van der Waals surface area contributed by atoms with Crippen molar-refractivity contribution < 1.29 is 5.11 Å². The fourth-order valence-corrected chi connectivity index (χ4v) is 4.01. The number of nitrogens with one attached hydrogen (secondary N) is 1. The SMILES string of the molecule is NCCC1=CNCN1C1Cc2cc(O)ccc2CS1. The van der Waals surface area contributed by atoms with Gasteiger partial charge in [0.2, 0.25) is 0 Å². The van der Waals surface area contributed by atoms with Crippen molar-refractivity contribution in [1.29, 1.82) is 0 Å². The molecule has 4 N–H and O–H groups in total. The molecule has 0 radical (unpaired) electrons. The standard InChI is InChI=1S/C14H19N3OS/c15-4-3-12-7-16-9-17(12)14-6-11-5-13(18)2-1-10(11)8-19-14/h1-2,5,7,14,16,18H,3-4,6,8-9,15H2. The summed E-state index contributed by atoms with van der Waals surface area (Å²) in [6.45, 7) is 1.54. The minimum absolute atomic E-state index is 0.363. The van der Waals surface area contributed by atoms with Crippen molar-refractivity contribution in [2.24, 2.45) is 5.73 Å². The van der Waals surface area contributed by atoms with Gasteiger partial charge in [-0.3, -0.25) is 0 Å². The Labute approximate surface area is 117 Å². The molecule has 0 amide bonds. The third kappa shape index (κ3) is 2.53. The Balaban J connectivity index is 1.76. The molecule has 1 atom stereocenters. The first-order valence-corrected chi connectivity index (χ1v) is 7.64. The first-order chi connectivity index (χ1) is 9.28. The van der Waals surface area contributed by atoms with E-state index in [1.54, 1.807) is 6.07 Å². The van der Waals surface area contributed by atoms with E-state index in [4.69, 9.17) is 5.73 Å². The first kappa shape index (κ1) is 12.7. The number of phenols is 1. The van der Waals surface area contributed by atoms with Crippen molar-refractivity contribution in [3.63, 3.8) is 0 Å². The molecule has 0 aromatic heterocycles. The van der Waals surface area contributed by atoms with Crippen LogP contribution in [0.5, 0.6) is 5.75 Å². The van der Waals surface area contributed by atoms with Gasteiger partial charge in [-0.05, 0) is 29.8 Å². The van der Waals surface area contributed by atoms with Crippen LogP contribution in [0.15, 0.2) is 30.1 Å². The van der Waals surface area contributed by atoms with Crippen LogP contribution in [-0.2, 0) is 12.2 Å². The van der Waals surface area contributed by atoms with Crippen molar-refractivity contribution in [2.75, 3.05) is 13.2 Å². The van der Waals surface area contributed by atoms with E-state index in [1.165, 1.54) is 16.8 Å². The largest absolute Gasteiger partial charge is 0.508 e. The minimum atomic E-state index is 0.363. The second kappa shape index (κ2) is 5.35. The highest BCUT2D eigenvalue weighted by Gasteiger charge is 2.28. The number of hydrogen-bond acceptors (Lipinski definition) is 5. The predicted molar refractivity (Wildman–Crippen MR) is 78.5 cm³/mol. The van der Waals surface area contributed by atoms with Gasteiger partial charge in [0, 0.05) is 30.5 Å². The van der Waals surface area contributed by atoms with Gasteiger partial charge in [0.05, 0.1) is 12.0 Å². The molecular formula is C14H19N3OS. The average Bonchev–Trinajstić information content (AvgIpc) is 2.86. The van der Waals surface area contributed by atoms with Gasteiger partial charge in [0.15, 0.2) is 0 Å². The number of phenolic OH excluding ortho intramolecular Hbond substituents is 1. The highest BCUT2D eigenvalue weighted by Crippen LogP contribution is 2.35. The molecule has 1 aromatic carbocycles. The number of hydrogen-bond donors (Lipinski definition) is 3. The van der Waals surface area contributed by atoms with E-state index in [-0.39, 0.29) is 0 Å². The molecule has 0 saturated carbocycles. The van der Waals surface area contributed by atoms with Gasteiger partial charge in [0.25, 0.3) is 0 Å². The Morgan fingerprint density at radius 1 is 1.42 bits per heavy atom. The van der Waals surface area contributed by atoms with Crippen LogP contribution in [0.4, 0.5) is 0 Å². The average molecular weight is 277 g/mol. The van der Waals surface area contributed by atoms with E-state index in [0.717, 1.165) is 25.3 Å². The Morgan fingerprint density at radius 3 is 3.16 bits per heavy atom. The first-order valence-electron chi connectivity index (χ1n) is 6.59. The van der Waals surface area contributed by atoms with E-state index in [0.29, 0.717) is 17.7 Å². The molecule has 0 spiro atoms. The lowest BCUT2D eigenvalue weighted by Gasteiger charge is -2.34. The third-order valence-corrected chi connectivity index (χ3v) is 4.95. The van der Waals surface area contributed by atoms with Gasteiger partial charge in [-0.25, -0.2) is 0 Å². The number of rotatable bonds is 3. The maximum Gasteiger partial charge on any atom is 0.115 e. The zero-order valence-electron chi connectivity index (χ0n) is 10.8. The fraction of sp³-hybridized carbons (Fsp3) is 0.429. The molecule has 1 unspecified atom stereocenters. The highest BCUT2D eigenvalue weighted by atomic mass is 32.2. The zero-order chi connectivity index (χ0) is 13.2. The van der Waals surface area contributed by atoms with E-state index in [9.17, 15) is 5.11 Å². The van der Waals surface area contributed by atoms with E-state index in [2.05, 4.69) is 16.4 Å². The number of aromatic hydroxyl groups is 1. The van der Waals surface area contributed by atoms with Crippen molar-refractivity contribution in [2.45, 2.75) is 24.0 Å². The van der Waals surface area contributed by atoms with Crippen molar-refractivity contribution in [3.8, 4) is 5.75 Å². The Kier molecular flexibility index (Phi) is 3.57. The lowest BCUT2D eigenvalue weighted by atomic mass is 10.0. The second-order valence-corrected chi connectivity index (χ2v) is 6.10. The van der Waals surface area contributed by atoms with Crippen LogP contribution < -0.4 is 11.1 Å². The summed E-state index contributed by atoms with van der Waals surface area (Å²) in [4.78, 5) is 2.39. The van der Waals surface area contributed by atoms with Crippen molar-refractivity contribution in [1.82, 2.24) is 10.2 Å². The smallest absolute Gasteiger partial charge is 0.115 e. The van der Waals surface area contributed by atoms with E-state index >= 15 is 0 Å². The van der Waals surface area contributed by atoms with E-state index < -0.39 is 0 Å². The summed E-state index contributed by atoms with van der Waals surface area (Å²) in [6, 6.07) is 5.71.